The lowest BCUT2D eigenvalue weighted by Crippen LogP contribution is -2.44. The van der Waals surface area contributed by atoms with Gasteiger partial charge in [-0.15, -0.1) is 0 Å². The molecule has 2 atom stereocenters. The van der Waals surface area contributed by atoms with E-state index in [4.69, 9.17) is 0 Å². The van der Waals surface area contributed by atoms with Crippen molar-refractivity contribution in [2.45, 2.75) is 12.3 Å². The number of aromatic nitrogens is 1. The lowest BCUT2D eigenvalue weighted by atomic mass is 9.92. The van der Waals surface area contributed by atoms with Crippen LogP contribution in [0.4, 0.5) is 0 Å². The van der Waals surface area contributed by atoms with Gasteiger partial charge in [0.15, 0.2) is 6.29 Å². The van der Waals surface area contributed by atoms with Crippen molar-refractivity contribution in [3.05, 3.63) is 187 Å². The van der Waals surface area contributed by atoms with Gasteiger partial charge in [0.2, 0.25) is 0 Å². The molecule has 9 aromatic carbocycles. The van der Waals surface area contributed by atoms with Crippen molar-refractivity contribution >= 4 is 81.4 Å². The molecule has 2 unspecified atom stereocenters. The Morgan fingerprint density at radius 2 is 1.02 bits per heavy atom. The molecule has 2 heterocycles. The monoisotopic (exact) mass is 665 g/mol. The predicted octanol–water partition coefficient (Wildman–Crippen LogP) is 12.3. The fourth-order valence-corrected chi connectivity index (χ4v) is 9.13. The molecule has 0 radical (unpaired) electrons. The van der Waals surface area contributed by atoms with Crippen molar-refractivity contribution in [2.24, 2.45) is 0 Å². The second-order valence-corrected chi connectivity index (χ2v) is 14.2. The zero-order valence-corrected chi connectivity index (χ0v) is 28.8. The van der Waals surface area contributed by atoms with Crippen LogP contribution in [0.15, 0.2) is 176 Å². The summed E-state index contributed by atoms with van der Waals surface area (Å²) in [6.07, 6.45) is 2.23. The van der Waals surface area contributed by atoms with Crippen LogP contribution in [0.3, 0.4) is 0 Å². The number of nitrogens with zero attached hydrogens (tertiary/aromatic N) is 2. The fourth-order valence-electron chi connectivity index (χ4n) is 9.13. The van der Waals surface area contributed by atoms with Crippen molar-refractivity contribution in [1.82, 2.24) is 14.8 Å². The van der Waals surface area contributed by atoms with Crippen LogP contribution in [-0.4, -0.2) is 16.5 Å². The third-order valence-electron chi connectivity index (χ3n) is 11.5. The Morgan fingerprint density at radius 3 is 1.81 bits per heavy atom. The van der Waals surface area contributed by atoms with Gasteiger partial charge in [-0.3, -0.25) is 4.90 Å². The summed E-state index contributed by atoms with van der Waals surface area (Å²) >= 11 is 0. The van der Waals surface area contributed by atoms with Crippen LogP contribution in [0.1, 0.15) is 23.5 Å². The summed E-state index contributed by atoms with van der Waals surface area (Å²) in [5.74, 6) is 0. The molecule has 3 nitrogen and oxygen atoms in total. The second kappa shape index (κ2) is 11.3. The summed E-state index contributed by atoms with van der Waals surface area (Å²) in [6.45, 7) is 0. The largest absolute Gasteiger partial charge is 0.352 e. The highest BCUT2D eigenvalue weighted by atomic mass is 15.4. The molecule has 0 fully saturated rings. The first-order valence-electron chi connectivity index (χ1n) is 18.2. The van der Waals surface area contributed by atoms with Gasteiger partial charge in [0.05, 0.1) is 17.1 Å². The maximum Gasteiger partial charge on any atom is 0.162 e. The molecule has 0 aliphatic carbocycles. The van der Waals surface area contributed by atoms with Gasteiger partial charge in [-0.05, 0) is 67.8 Å². The van der Waals surface area contributed by atoms with Crippen LogP contribution in [0.25, 0.3) is 81.4 Å². The van der Waals surface area contributed by atoms with E-state index in [1.54, 1.807) is 0 Å². The Balaban J connectivity index is 1.27. The number of fused-ring (bicyclic) bond motifs is 12. The summed E-state index contributed by atoms with van der Waals surface area (Å²) in [6, 6.07) is 62.4. The normalized spacial score (nSPS) is 16.8. The fraction of sp³-hybridized carbons (Fsp3) is 0.0612. The number of benzene rings is 9. The van der Waals surface area contributed by atoms with E-state index in [0.717, 1.165) is 5.70 Å². The molecule has 246 valence electrons. The van der Waals surface area contributed by atoms with E-state index in [1.807, 2.05) is 0 Å². The maximum atomic E-state index is 4.15. The van der Waals surface area contributed by atoms with Gasteiger partial charge in [0.1, 0.15) is 0 Å². The van der Waals surface area contributed by atoms with E-state index in [0.29, 0.717) is 0 Å². The molecular formula is C49H35N3. The smallest absolute Gasteiger partial charge is 0.162 e. The van der Waals surface area contributed by atoms with Crippen molar-refractivity contribution in [1.29, 1.82) is 0 Å². The molecule has 1 aromatic heterocycles. The molecule has 1 aliphatic rings. The molecule has 1 N–H and O–H groups in total. The lowest BCUT2D eigenvalue weighted by molar-refractivity contribution is 0.125. The molecule has 0 amide bonds. The van der Waals surface area contributed by atoms with Crippen molar-refractivity contribution in [3.63, 3.8) is 0 Å². The van der Waals surface area contributed by atoms with Crippen molar-refractivity contribution < 1.29 is 0 Å². The number of likely N-dealkylation sites (N-methyl/N-ethyl adjacent to an activating group) is 1. The molecule has 3 heteroatoms. The minimum atomic E-state index is -0.207. The van der Waals surface area contributed by atoms with Crippen LogP contribution in [0.5, 0.6) is 0 Å². The Hall–Kier alpha value is -6.42. The van der Waals surface area contributed by atoms with E-state index in [2.05, 4.69) is 198 Å². The summed E-state index contributed by atoms with van der Waals surface area (Å²) in [5.41, 5.74) is 6.11. The van der Waals surface area contributed by atoms with Crippen LogP contribution in [0, 0.1) is 0 Å². The van der Waals surface area contributed by atoms with Crippen LogP contribution in [0.2, 0.25) is 0 Å². The van der Waals surface area contributed by atoms with Crippen molar-refractivity contribution in [2.75, 3.05) is 7.05 Å². The van der Waals surface area contributed by atoms with Crippen LogP contribution in [-0.2, 0) is 0 Å². The molecule has 10 aromatic rings. The molecule has 0 bridgehead atoms. The van der Waals surface area contributed by atoms with E-state index < -0.39 is 0 Å². The lowest BCUT2D eigenvalue weighted by Gasteiger charge is -2.42. The number of nitrogens with one attached hydrogen (secondary N) is 1. The number of hydrogen-bond acceptors (Lipinski definition) is 2. The van der Waals surface area contributed by atoms with Crippen LogP contribution < -0.4 is 5.32 Å². The number of para-hydroxylation sites is 1. The standard InChI is InChI=1S/C49H35N3/c1-51-45(39-26-13-18-32-15-3-6-20-35(32)39)30-43(38-25-12-17-31-14-2-5-19-34(31)38)50-49(51)52-44-27-11-10-24-42(44)47-46-36-21-7-4-16-33(36)28-29-40(46)37-22-8-9-23-41(37)48(47)52/h2-30,45,49-50H,1H3. The number of hydrogen-bond donors (Lipinski definition) is 1. The minimum absolute atomic E-state index is 0.00455. The average molecular weight is 666 g/mol. The minimum Gasteiger partial charge on any atom is -0.352 e. The van der Waals surface area contributed by atoms with Gasteiger partial charge >= 0.3 is 0 Å². The van der Waals surface area contributed by atoms with Gasteiger partial charge in [-0.25, -0.2) is 0 Å². The molecule has 0 saturated heterocycles. The summed E-state index contributed by atoms with van der Waals surface area (Å²) in [5, 5.41) is 19.4. The van der Waals surface area contributed by atoms with Gasteiger partial charge in [0, 0.05) is 32.8 Å². The van der Waals surface area contributed by atoms with Gasteiger partial charge in [-0.1, -0.05) is 164 Å². The van der Waals surface area contributed by atoms with E-state index >= 15 is 0 Å². The quantitative estimate of drug-likeness (QED) is 0.190. The first kappa shape index (κ1) is 29.3. The molecule has 0 saturated carbocycles. The molecule has 1 aliphatic heterocycles. The Labute approximate surface area is 301 Å². The molecule has 0 spiro atoms. The van der Waals surface area contributed by atoms with Crippen LogP contribution >= 0.6 is 0 Å². The van der Waals surface area contributed by atoms with E-state index in [1.165, 1.54) is 86.8 Å². The first-order chi connectivity index (χ1) is 25.7. The van der Waals surface area contributed by atoms with E-state index in [9.17, 15) is 0 Å². The highest BCUT2D eigenvalue weighted by Gasteiger charge is 2.34. The molecule has 11 rings (SSSR count). The van der Waals surface area contributed by atoms with Gasteiger partial charge in [0.25, 0.3) is 0 Å². The topological polar surface area (TPSA) is 20.2 Å². The zero-order chi connectivity index (χ0) is 34.3. The summed E-state index contributed by atoms with van der Waals surface area (Å²) in [7, 11) is 2.28. The predicted molar refractivity (Wildman–Crippen MR) is 221 cm³/mol. The first-order valence-corrected chi connectivity index (χ1v) is 18.2. The van der Waals surface area contributed by atoms with Crippen molar-refractivity contribution in [3.8, 4) is 0 Å². The van der Waals surface area contributed by atoms with Gasteiger partial charge < -0.3 is 9.88 Å². The maximum absolute atomic E-state index is 4.15. The second-order valence-electron chi connectivity index (χ2n) is 14.2. The number of rotatable bonds is 3. The third kappa shape index (κ3) is 4.17. The van der Waals surface area contributed by atoms with Gasteiger partial charge in [-0.2, -0.15) is 0 Å². The highest BCUT2D eigenvalue weighted by Crippen LogP contribution is 2.47. The third-order valence-corrected chi connectivity index (χ3v) is 11.5. The molecule has 52 heavy (non-hydrogen) atoms. The Kier molecular flexibility index (Phi) is 6.37. The average Bonchev–Trinajstić information content (AvgIpc) is 3.55. The Morgan fingerprint density at radius 1 is 0.442 bits per heavy atom. The zero-order valence-electron chi connectivity index (χ0n) is 28.8. The molecular weight excluding hydrogens is 631 g/mol. The Bertz CT molecular complexity index is 3080. The summed E-state index contributed by atoms with van der Waals surface area (Å²) < 4.78 is 2.59. The summed E-state index contributed by atoms with van der Waals surface area (Å²) in [4.78, 5) is 2.52. The highest BCUT2D eigenvalue weighted by molar-refractivity contribution is 6.36. The SMILES string of the molecule is CN1C(c2cccc3ccccc23)C=C(c2cccc3ccccc23)NC1n1c2ccccc2c2c3c4ccccc4ccc3c3ccccc3c21. The van der Waals surface area contributed by atoms with E-state index in [-0.39, 0.29) is 12.3 Å².